The Labute approximate surface area is 116 Å². The van der Waals surface area contributed by atoms with E-state index in [1.807, 2.05) is 0 Å². The van der Waals surface area contributed by atoms with Crippen molar-refractivity contribution in [2.75, 3.05) is 6.61 Å². The summed E-state index contributed by atoms with van der Waals surface area (Å²) in [6.45, 7) is -0.0406. The first-order valence-corrected chi connectivity index (χ1v) is 6.10. The fourth-order valence-corrected chi connectivity index (χ4v) is 1.78. The monoisotopic (exact) mass is 340 g/mol. The minimum absolute atomic E-state index is 0.0406. The van der Waals surface area contributed by atoms with Gasteiger partial charge in [0.2, 0.25) is 0 Å². The third-order valence-electron chi connectivity index (χ3n) is 2.20. The molecular weight excluding hydrogens is 329 g/mol. The first-order valence-electron chi connectivity index (χ1n) is 5.30. The highest BCUT2D eigenvalue weighted by Gasteiger charge is 2.26. The van der Waals surface area contributed by atoms with Crippen LogP contribution in [-0.2, 0) is 0 Å². The van der Waals surface area contributed by atoms with Crippen LogP contribution in [0.15, 0.2) is 27.8 Å². The number of nitrogens with two attached hydrogens (primary N) is 1. The number of halogens is 4. The molecule has 1 aromatic rings. The van der Waals surface area contributed by atoms with Crippen LogP contribution in [0.2, 0.25) is 0 Å². The van der Waals surface area contributed by atoms with E-state index in [9.17, 15) is 13.2 Å². The predicted octanol–water partition coefficient (Wildman–Crippen LogP) is 3.26. The number of hydrogen-bond acceptors (Lipinski definition) is 3. The molecule has 0 atom stereocenters. The fraction of sp³-hybridized carbons (Fsp3) is 0.364. The molecule has 0 heterocycles. The van der Waals surface area contributed by atoms with Gasteiger partial charge in [-0.25, -0.2) is 0 Å². The zero-order valence-corrected chi connectivity index (χ0v) is 11.3. The maximum atomic E-state index is 11.9. The van der Waals surface area contributed by atoms with Crippen molar-refractivity contribution in [1.29, 1.82) is 0 Å². The summed E-state index contributed by atoms with van der Waals surface area (Å²) in [6.07, 6.45) is -5.17. The van der Waals surface area contributed by atoms with Gasteiger partial charge in [-0.1, -0.05) is 5.16 Å². The zero-order valence-electron chi connectivity index (χ0n) is 9.75. The SMILES string of the molecule is N/C(=N/O)c1ccc(OCCCC(F)(F)F)c(Br)c1. The van der Waals surface area contributed by atoms with Gasteiger partial charge in [0, 0.05) is 12.0 Å². The molecule has 0 unspecified atom stereocenters. The second kappa shape index (κ2) is 6.65. The topological polar surface area (TPSA) is 67.8 Å². The van der Waals surface area contributed by atoms with Gasteiger partial charge in [-0.3, -0.25) is 0 Å². The van der Waals surface area contributed by atoms with Crippen LogP contribution in [0.25, 0.3) is 0 Å². The summed E-state index contributed by atoms with van der Waals surface area (Å²) in [7, 11) is 0. The number of hydrogen-bond donors (Lipinski definition) is 2. The molecule has 4 nitrogen and oxygen atoms in total. The highest BCUT2D eigenvalue weighted by Crippen LogP contribution is 2.27. The van der Waals surface area contributed by atoms with Crippen LogP contribution in [0.3, 0.4) is 0 Å². The molecule has 3 N–H and O–H groups in total. The largest absolute Gasteiger partial charge is 0.492 e. The maximum Gasteiger partial charge on any atom is 0.389 e. The fourth-order valence-electron chi connectivity index (χ4n) is 1.29. The number of alkyl halides is 3. The minimum Gasteiger partial charge on any atom is -0.492 e. The molecule has 0 spiro atoms. The van der Waals surface area contributed by atoms with Gasteiger partial charge in [0.1, 0.15) is 5.75 Å². The van der Waals surface area contributed by atoms with Gasteiger partial charge < -0.3 is 15.7 Å². The van der Waals surface area contributed by atoms with Crippen LogP contribution in [0.1, 0.15) is 18.4 Å². The van der Waals surface area contributed by atoms with E-state index in [-0.39, 0.29) is 18.9 Å². The molecule has 0 aliphatic rings. The number of ether oxygens (including phenoxy) is 1. The van der Waals surface area contributed by atoms with Crippen LogP contribution >= 0.6 is 15.9 Å². The molecule has 0 saturated carbocycles. The van der Waals surface area contributed by atoms with Crippen molar-refractivity contribution in [2.45, 2.75) is 19.0 Å². The first kappa shape index (κ1) is 15.6. The van der Waals surface area contributed by atoms with Crippen LogP contribution < -0.4 is 10.5 Å². The Morgan fingerprint density at radius 3 is 2.63 bits per heavy atom. The van der Waals surface area contributed by atoms with Crippen molar-refractivity contribution in [3.63, 3.8) is 0 Å². The van der Waals surface area contributed by atoms with Gasteiger partial charge in [0.15, 0.2) is 5.84 Å². The third-order valence-corrected chi connectivity index (χ3v) is 2.82. The molecule has 0 saturated heterocycles. The van der Waals surface area contributed by atoms with Crippen molar-refractivity contribution < 1.29 is 23.1 Å². The first-order chi connectivity index (χ1) is 8.83. The lowest BCUT2D eigenvalue weighted by Gasteiger charge is -2.10. The van der Waals surface area contributed by atoms with E-state index in [0.29, 0.717) is 15.8 Å². The van der Waals surface area contributed by atoms with E-state index >= 15 is 0 Å². The van der Waals surface area contributed by atoms with Gasteiger partial charge in [-0.05, 0) is 40.5 Å². The number of benzene rings is 1. The van der Waals surface area contributed by atoms with Gasteiger partial charge >= 0.3 is 6.18 Å². The lowest BCUT2D eigenvalue weighted by Crippen LogP contribution is -2.13. The van der Waals surface area contributed by atoms with Crippen molar-refractivity contribution in [1.82, 2.24) is 0 Å². The van der Waals surface area contributed by atoms with E-state index in [4.69, 9.17) is 15.7 Å². The van der Waals surface area contributed by atoms with E-state index in [0.717, 1.165) is 0 Å². The zero-order chi connectivity index (χ0) is 14.5. The summed E-state index contributed by atoms with van der Waals surface area (Å²) < 4.78 is 41.5. The smallest absolute Gasteiger partial charge is 0.389 e. The lowest BCUT2D eigenvalue weighted by atomic mass is 10.2. The van der Waals surface area contributed by atoms with Gasteiger partial charge in [-0.2, -0.15) is 13.2 Å². The van der Waals surface area contributed by atoms with Gasteiger partial charge in [0.25, 0.3) is 0 Å². The van der Waals surface area contributed by atoms with Crippen LogP contribution in [0.5, 0.6) is 5.75 Å². The Balaban J connectivity index is 2.56. The predicted molar refractivity (Wildman–Crippen MR) is 67.4 cm³/mol. The van der Waals surface area contributed by atoms with E-state index in [1.165, 1.54) is 6.07 Å². The van der Waals surface area contributed by atoms with Crippen LogP contribution in [0.4, 0.5) is 13.2 Å². The van der Waals surface area contributed by atoms with E-state index < -0.39 is 12.6 Å². The highest BCUT2D eigenvalue weighted by atomic mass is 79.9. The second-order valence-electron chi connectivity index (χ2n) is 3.70. The van der Waals surface area contributed by atoms with Crippen LogP contribution in [0, 0.1) is 0 Å². The Hall–Kier alpha value is -1.44. The molecule has 19 heavy (non-hydrogen) atoms. The summed E-state index contributed by atoms with van der Waals surface area (Å²) in [5, 5.41) is 11.3. The summed E-state index contributed by atoms with van der Waals surface area (Å²) in [5.41, 5.74) is 5.87. The summed E-state index contributed by atoms with van der Waals surface area (Å²) in [4.78, 5) is 0. The Morgan fingerprint density at radius 2 is 2.11 bits per heavy atom. The molecule has 0 aromatic heterocycles. The Morgan fingerprint density at radius 1 is 1.42 bits per heavy atom. The van der Waals surface area contributed by atoms with E-state index in [1.54, 1.807) is 12.1 Å². The molecule has 1 rings (SSSR count). The third kappa shape index (κ3) is 5.37. The van der Waals surface area contributed by atoms with Crippen molar-refractivity contribution in [3.05, 3.63) is 28.2 Å². The van der Waals surface area contributed by atoms with Crippen molar-refractivity contribution in [2.24, 2.45) is 10.9 Å². The summed E-state index contributed by atoms with van der Waals surface area (Å²) in [6, 6.07) is 4.62. The molecule has 0 amide bonds. The molecule has 0 aliphatic heterocycles. The minimum atomic E-state index is -4.17. The standard InChI is InChI=1S/C11H12BrF3N2O2/c12-8-6-7(10(16)17-18)2-3-9(8)19-5-1-4-11(13,14)15/h2-3,6,18H,1,4-5H2,(H2,16,17). The molecular formula is C11H12BrF3N2O2. The number of nitrogens with zero attached hydrogens (tertiary/aromatic N) is 1. The maximum absolute atomic E-state index is 11.9. The molecule has 106 valence electrons. The highest BCUT2D eigenvalue weighted by molar-refractivity contribution is 9.10. The average Bonchev–Trinajstić information content (AvgIpc) is 2.33. The molecule has 8 heteroatoms. The van der Waals surface area contributed by atoms with E-state index in [2.05, 4.69) is 21.1 Å². The summed E-state index contributed by atoms with van der Waals surface area (Å²) in [5.74, 6) is 0.334. The van der Waals surface area contributed by atoms with Crippen LogP contribution in [-0.4, -0.2) is 23.8 Å². The average molecular weight is 341 g/mol. The molecule has 0 radical (unpaired) electrons. The number of rotatable bonds is 5. The lowest BCUT2D eigenvalue weighted by molar-refractivity contribution is -0.136. The molecule has 0 aliphatic carbocycles. The molecule has 0 fully saturated rings. The summed E-state index contributed by atoms with van der Waals surface area (Å²) >= 11 is 3.20. The van der Waals surface area contributed by atoms with Crippen molar-refractivity contribution in [3.8, 4) is 5.75 Å². The quantitative estimate of drug-likeness (QED) is 0.284. The second-order valence-corrected chi connectivity index (χ2v) is 4.55. The normalized spacial score (nSPS) is 12.5. The number of amidine groups is 1. The molecule has 1 aromatic carbocycles. The van der Waals surface area contributed by atoms with Gasteiger partial charge in [0.05, 0.1) is 11.1 Å². The Bertz CT molecular complexity index is 464. The van der Waals surface area contributed by atoms with Crippen molar-refractivity contribution >= 4 is 21.8 Å². The Kier molecular flexibility index (Phi) is 5.46. The van der Waals surface area contributed by atoms with Gasteiger partial charge in [-0.15, -0.1) is 0 Å². The number of oxime groups is 1. The molecule has 0 bridgehead atoms.